The van der Waals surface area contributed by atoms with Gasteiger partial charge in [0.05, 0.1) is 0 Å². The molecular formula is C31H57N. The SMILES string of the molecule is CCCCCCCCCCCCCCCCCCCCN(C)C(C)CCc1ccccc1. The summed E-state index contributed by atoms with van der Waals surface area (Å²) >= 11 is 0. The van der Waals surface area contributed by atoms with Gasteiger partial charge in [-0.1, -0.05) is 146 Å². The second-order valence-electron chi connectivity index (χ2n) is 10.4. The highest BCUT2D eigenvalue weighted by Gasteiger charge is 2.08. The van der Waals surface area contributed by atoms with Gasteiger partial charge in [-0.2, -0.15) is 0 Å². The molecule has 0 amide bonds. The molecule has 0 radical (unpaired) electrons. The third kappa shape index (κ3) is 17.7. The van der Waals surface area contributed by atoms with Crippen LogP contribution in [0.15, 0.2) is 30.3 Å². The van der Waals surface area contributed by atoms with Crippen LogP contribution in [0.5, 0.6) is 0 Å². The Kier molecular flexibility index (Phi) is 20.1. The standard InChI is InChI=1S/C31H57N/c1-4-5-6-7-8-9-10-11-12-13-14-15-16-17-18-19-20-24-29-32(3)30(2)27-28-31-25-22-21-23-26-31/h21-23,25-26,30H,4-20,24,27-29H2,1-3H3. The molecule has 1 aromatic carbocycles. The molecule has 1 atom stereocenters. The fourth-order valence-electron chi connectivity index (χ4n) is 4.72. The van der Waals surface area contributed by atoms with E-state index in [4.69, 9.17) is 0 Å². The molecule has 1 unspecified atom stereocenters. The van der Waals surface area contributed by atoms with Crippen LogP contribution in [0, 0.1) is 0 Å². The highest BCUT2D eigenvalue weighted by Crippen LogP contribution is 2.15. The highest BCUT2D eigenvalue weighted by atomic mass is 15.1. The minimum absolute atomic E-state index is 0.681. The molecule has 0 aliphatic carbocycles. The lowest BCUT2D eigenvalue weighted by Crippen LogP contribution is -2.30. The summed E-state index contributed by atoms with van der Waals surface area (Å²) in [7, 11) is 2.31. The van der Waals surface area contributed by atoms with Crippen molar-refractivity contribution in [1.29, 1.82) is 0 Å². The topological polar surface area (TPSA) is 3.24 Å². The lowest BCUT2D eigenvalue weighted by Gasteiger charge is -2.24. The molecule has 0 heterocycles. The van der Waals surface area contributed by atoms with E-state index in [9.17, 15) is 0 Å². The molecule has 0 saturated carbocycles. The first-order valence-corrected chi connectivity index (χ1v) is 14.5. The molecule has 0 aromatic heterocycles. The number of aryl methyl sites for hydroxylation is 1. The van der Waals surface area contributed by atoms with Crippen molar-refractivity contribution >= 4 is 0 Å². The Morgan fingerprint density at radius 2 is 1.00 bits per heavy atom. The van der Waals surface area contributed by atoms with Gasteiger partial charge < -0.3 is 4.90 Å². The molecular weight excluding hydrogens is 386 g/mol. The van der Waals surface area contributed by atoms with Crippen LogP contribution in [0.3, 0.4) is 0 Å². The van der Waals surface area contributed by atoms with E-state index in [2.05, 4.69) is 56.1 Å². The summed E-state index contributed by atoms with van der Waals surface area (Å²) in [5.41, 5.74) is 1.47. The van der Waals surface area contributed by atoms with E-state index in [1.807, 2.05) is 0 Å². The van der Waals surface area contributed by atoms with Crippen molar-refractivity contribution in [1.82, 2.24) is 4.90 Å². The van der Waals surface area contributed by atoms with E-state index in [1.165, 1.54) is 141 Å². The Labute approximate surface area is 202 Å². The van der Waals surface area contributed by atoms with E-state index in [0.717, 1.165) is 0 Å². The molecule has 186 valence electrons. The number of hydrogen-bond donors (Lipinski definition) is 0. The van der Waals surface area contributed by atoms with E-state index < -0.39 is 0 Å². The van der Waals surface area contributed by atoms with Crippen molar-refractivity contribution in [3.63, 3.8) is 0 Å². The zero-order valence-electron chi connectivity index (χ0n) is 22.3. The molecule has 32 heavy (non-hydrogen) atoms. The van der Waals surface area contributed by atoms with Crippen LogP contribution in [0.2, 0.25) is 0 Å². The maximum absolute atomic E-state index is 2.56. The average molecular weight is 444 g/mol. The molecule has 0 aliphatic rings. The normalized spacial score (nSPS) is 12.5. The van der Waals surface area contributed by atoms with Crippen LogP contribution in [-0.2, 0) is 6.42 Å². The summed E-state index contributed by atoms with van der Waals surface area (Å²) < 4.78 is 0. The quantitative estimate of drug-likeness (QED) is 0.152. The Hall–Kier alpha value is -0.820. The summed E-state index contributed by atoms with van der Waals surface area (Å²) in [6.45, 7) is 5.95. The molecule has 1 nitrogen and oxygen atoms in total. The van der Waals surface area contributed by atoms with E-state index in [0.29, 0.717) is 6.04 Å². The smallest absolute Gasteiger partial charge is 0.00670 e. The molecule has 0 saturated heterocycles. The van der Waals surface area contributed by atoms with Gasteiger partial charge >= 0.3 is 0 Å². The van der Waals surface area contributed by atoms with Crippen molar-refractivity contribution in [2.24, 2.45) is 0 Å². The van der Waals surface area contributed by atoms with E-state index in [1.54, 1.807) is 0 Å². The zero-order chi connectivity index (χ0) is 23.1. The van der Waals surface area contributed by atoms with Crippen molar-refractivity contribution < 1.29 is 0 Å². The van der Waals surface area contributed by atoms with Crippen LogP contribution in [0.25, 0.3) is 0 Å². The van der Waals surface area contributed by atoms with Gasteiger partial charge in [-0.3, -0.25) is 0 Å². The van der Waals surface area contributed by atoms with Gasteiger partial charge in [-0.25, -0.2) is 0 Å². The van der Waals surface area contributed by atoms with Gasteiger partial charge in [0.2, 0.25) is 0 Å². The van der Waals surface area contributed by atoms with Crippen LogP contribution in [0.1, 0.15) is 141 Å². The molecule has 0 bridgehead atoms. The van der Waals surface area contributed by atoms with E-state index >= 15 is 0 Å². The molecule has 0 fully saturated rings. The lowest BCUT2D eigenvalue weighted by molar-refractivity contribution is 0.240. The Morgan fingerprint density at radius 1 is 0.594 bits per heavy atom. The number of rotatable bonds is 23. The van der Waals surface area contributed by atoms with Gasteiger partial charge in [-0.15, -0.1) is 0 Å². The van der Waals surface area contributed by atoms with E-state index in [-0.39, 0.29) is 0 Å². The Morgan fingerprint density at radius 3 is 1.44 bits per heavy atom. The second-order valence-corrected chi connectivity index (χ2v) is 10.4. The van der Waals surface area contributed by atoms with Crippen LogP contribution >= 0.6 is 0 Å². The highest BCUT2D eigenvalue weighted by molar-refractivity contribution is 5.14. The number of hydrogen-bond acceptors (Lipinski definition) is 1. The molecule has 1 rings (SSSR count). The van der Waals surface area contributed by atoms with Crippen molar-refractivity contribution in [3.8, 4) is 0 Å². The lowest BCUT2D eigenvalue weighted by atomic mass is 10.0. The first-order chi connectivity index (χ1) is 15.7. The van der Waals surface area contributed by atoms with Crippen LogP contribution in [-0.4, -0.2) is 24.5 Å². The molecule has 0 aliphatic heterocycles. The average Bonchev–Trinajstić information content (AvgIpc) is 2.82. The van der Waals surface area contributed by atoms with Crippen molar-refractivity contribution in [3.05, 3.63) is 35.9 Å². The number of benzene rings is 1. The van der Waals surface area contributed by atoms with Crippen molar-refractivity contribution in [2.45, 2.75) is 148 Å². The maximum atomic E-state index is 2.56. The second kappa shape index (κ2) is 22.0. The third-order valence-electron chi connectivity index (χ3n) is 7.31. The van der Waals surface area contributed by atoms with Gasteiger partial charge in [0.25, 0.3) is 0 Å². The summed E-state index contributed by atoms with van der Waals surface area (Å²) in [5.74, 6) is 0. The summed E-state index contributed by atoms with van der Waals surface area (Å²) in [6.07, 6.45) is 28.6. The van der Waals surface area contributed by atoms with Gasteiger partial charge in [0, 0.05) is 6.04 Å². The third-order valence-corrected chi connectivity index (χ3v) is 7.31. The zero-order valence-corrected chi connectivity index (χ0v) is 22.3. The largest absolute Gasteiger partial charge is 0.304 e. The Bertz CT molecular complexity index is 482. The fraction of sp³-hybridized carbons (Fsp3) is 0.806. The van der Waals surface area contributed by atoms with Gasteiger partial charge in [0.1, 0.15) is 0 Å². The summed E-state index contributed by atoms with van der Waals surface area (Å²) in [6, 6.07) is 11.6. The Balaban J connectivity index is 1.78. The first kappa shape index (κ1) is 29.2. The first-order valence-electron chi connectivity index (χ1n) is 14.5. The summed E-state index contributed by atoms with van der Waals surface area (Å²) in [4.78, 5) is 2.56. The minimum atomic E-state index is 0.681. The molecule has 1 heteroatoms. The molecule has 1 aromatic rings. The monoisotopic (exact) mass is 443 g/mol. The van der Waals surface area contributed by atoms with Crippen LogP contribution in [0.4, 0.5) is 0 Å². The maximum Gasteiger partial charge on any atom is 0.00670 e. The summed E-state index contributed by atoms with van der Waals surface area (Å²) in [5, 5.41) is 0. The molecule has 0 N–H and O–H groups in total. The number of nitrogens with zero attached hydrogens (tertiary/aromatic N) is 1. The predicted molar refractivity (Wildman–Crippen MR) is 146 cm³/mol. The number of unbranched alkanes of at least 4 members (excludes halogenated alkanes) is 17. The predicted octanol–water partition coefficient (Wildman–Crippen LogP) is 9.98. The van der Waals surface area contributed by atoms with Crippen molar-refractivity contribution in [2.75, 3.05) is 13.6 Å². The fourth-order valence-corrected chi connectivity index (χ4v) is 4.72. The molecule has 0 spiro atoms. The van der Waals surface area contributed by atoms with Gasteiger partial charge in [0.15, 0.2) is 0 Å². The van der Waals surface area contributed by atoms with Crippen LogP contribution < -0.4 is 0 Å². The van der Waals surface area contributed by atoms with Gasteiger partial charge in [-0.05, 0) is 45.3 Å². The minimum Gasteiger partial charge on any atom is -0.304 e.